The molecule has 1 N–H and O–H groups in total. The van der Waals surface area contributed by atoms with E-state index in [1.807, 2.05) is 30.3 Å². The van der Waals surface area contributed by atoms with Crippen molar-refractivity contribution < 1.29 is 23.0 Å². The Morgan fingerprint density at radius 2 is 1.79 bits per heavy atom. The number of benzene rings is 1. The van der Waals surface area contributed by atoms with Crippen molar-refractivity contribution in [3.8, 4) is 0 Å². The van der Waals surface area contributed by atoms with Gasteiger partial charge in [0.2, 0.25) is 0 Å². The van der Waals surface area contributed by atoms with Crippen molar-refractivity contribution in [2.75, 3.05) is 6.61 Å². The van der Waals surface area contributed by atoms with Crippen LogP contribution in [0.3, 0.4) is 0 Å². The Morgan fingerprint density at radius 3 is 2.26 bits per heavy atom. The van der Waals surface area contributed by atoms with Crippen LogP contribution in [0.15, 0.2) is 30.3 Å². The fourth-order valence-corrected chi connectivity index (χ4v) is 1.89. The zero-order chi connectivity index (χ0) is 14.5. The minimum Gasteiger partial charge on any atom is -0.390 e. The van der Waals surface area contributed by atoms with Crippen molar-refractivity contribution in [1.29, 1.82) is 0 Å². The van der Waals surface area contributed by atoms with Crippen molar-refractivity contribution in [3.05, 3.63) is 35.9 Å². The average Bonchev–Trinajstić information content (AvgIpc) is 2.36. The number of ether oxygens (including phenoxy) is 1. The van der Waals surface area contributed by atoms with E-state index in [2.05, 4.69) is 0 Å². The van der Waals surface area contributed by atoms with Gasteiger partial charge in [-0.3, -0.25) is 0 Å². The first-order chi connectivity index (χ1) is 8.81. The maximum Gasteiger partial charge on any atom is 0.419 e. The van der Waals surface area contributed by atoms with Gasteiger partial charge < -0.3 is 9.84 Å². The summed E-state index contributed by atoms with van der Waals surface area (Å²) in [6.45, 7) is 2.28. The molecule has 2 nitrogen and oxygen atoms in total. The molecule has 0 aliphatic carbocycles. The van der Waals surface area contributed by atoms with Gasteiger partial charge >= 0.3 is 6.18 Å². The molecular formula is C14H19F3O2. The quantitative estimate of drug-likeness (QED) is 0.863. The Balaban J connectivity index is 2.70. The minimum absolute atomic E-state index is 0.0000231. The minimum atomic E-state index is -4.60. The Labute approximate surface area is 111 Å². The molecule has 2 unspecified atom stereocenters. The maximum absolute atomic E-state index is 13.0. The highest BCUT2D eigenvalue weighted by atomic mass is 19.4. The molecule has 0 aliphatic rings. The van der Waals surface area contributed by atoms with Crippen molar-refractivity contribution in [2.45, 2.75) is 44.6 Å². The van der Waals surface area contributed by atoms with Crippen LogP contribution >= 0.6 is 0 Å². The van der Waals surface area contributed by atoms with Crippen LogP contribution in [0.4, 0.5) is 13.2 Å². The Morgan fingerprint density at radius 1 is 1.21 bits per heavy atom. The number of aliphatic hydroxyl groups is 1. The normalized spacial score (nSPS) is 16.9. The summed E-state index contributed by atoms with van der Waals surface area (Å²) in [5.74, 6) is 0. The van der Waals surface area contributed by atoms with Crippen LogP contribution in [0.2, 0.25) is 0 Å². The van der Waals surface area contributed by atoms with Gasteiger partial charge in [0.15, 0.2) is 5.60 Å². The lowest BCUT2D eigenvalue weighted by molar-refractivity contribution is -0.299. The smallest absolute Gasteiger partial charge is 0.390 e. The predicted molar refractivity (Wildman–Crippen MR) is 66.9 cm³/mol. The first kappa shape index (κ1) is 16.0. The van der Waals surface area contributed by atoms with Crippen LogP contribution < -0.4 is 0 Å². The van der Waals surface area contributed by atoms with E-state index < -0.39 is 17.9 Å². The van der Waals surface area contributed by atoms with E-state index in [4.69, 9.17) is 4.74 Å². The van der Waals surface area contributed by atoms with E-state index in [1.54, 1.807) is 0 Å². The van der Waals surface area contributed by atoms with E-state index >= 15 is 0 Å². The molecule has 1 rings (SSSR count). The summed E-state index contributed by atoms with van der Waals surface area (Å²) >= 11 is 0. The Hall–Kier alpha value is -1.07. The molecule has 0 spiro atoms. The van der Waals surface area contributed by atoms with E-state index in [-0.39, 0.29) is 13.0 Å². The van der Waals surface area contributed by atoms with Gasteiger partial charge in [-0.25, -0.2) is 0 Å². The van der Waals surface area contributed by atoms with Crippen LogP contribution in [0.5, 0.6) is 0 Å². The van der Waals surface area contributed by atoms with Crippen LogP contribution in [0.25, 0.3) is 0 Å². The zero-order valence-electron chi connectivity index (χ0n) is 11.1. The van der Waals surface area contributed by atoms with Crippen LogP contribution in [-0.4, -0.2) is 29.6 Å². The summed E-state index contributed by atoms with van der Waals surface area (Å²) in [5.41, 5.74) is -1.63. The lowest BCUT2D eigenvalue weighted by atomic mass is 9.92. The van der Waals surface area contributed by atoms with Gasteiger partial charge in [0, 0.05) is 6.61 Å². The SMILES string of the molecule is CCOC(C)(C(O)CCc1ccccc1)C(F)(F)F. The molecule has 5 heteroatoms. The van der Waals surface area contributed by atoms with Crippen LogP contribution in [0.1, 0.15) is 25.8 Å². The molecule has 0 fully saturated rings. The van der Waals surface area contributed by atoms with E-state index in [0.29, 0.717) is 6.42 Å². The number of hydrogen-bond donors (Lipinski definition) is 1. The molecule has 2 atom stereocenters. The lowest BCUT2D eigenvalue weighted by Crippen LogP contribution is -2.54. The summed E-state index contributed by atoms with van der Waals surface area (Å²) in [4.78, 5) is 0. The second-order valence-corrected chi connectivity index (χ2v) is 4.58. The second-order valence-electron chi connectivity index (χ2n) is 4.58. The molecule has 0 aliphatic heterocycles. The number of aryl methyl sites for hydroxylation is 1. The van der Waals surface area contributed by atoms with Gasteiger partial charge in [-0.05, 0) is 32.3 Å². The topological polar surface area (TPSA) is 29.5 Å². The molecule has 19 heavy (non-hydrogen) atoms. The third kappa shape index (κ3) is 3.94. The number of hydrogen-bond acceptors (Lipinski definition) is 2. The standard InChI is InChI=1S/C14H19F3O2/c1-3-19-13(2,14(15,16)17)12(18)10-9-11-7-5-4-6-8-11/h4-8,12,18H,3,9-10H2,1-2H3. The van der Waals surface area contributed by atoms with Gasteiger partial charge in [-0.1, -0.05) is 30.3 Å². The molecule has 108 valence electrons. The number of rotatable bonds is 6. The van der Waals surface area contributed by atoms with Crippen LogP contribution in [-0.2, 0) is 11.2 Å². The van der Waals surface area contributed by atoms with Gasteiger partial charge in [-0.2, -0.15) is 13.2 Å². The average molecular weight is 276 g/mol. The first-order valence-corrected chi connectivity index (χ1v) is 6.24. The van der Waals surface area contributed by atoms with Gasteiger partial charge in [0.25, 0.3) is 0 Å². The summed E-state index contributed by atoms with van der Waals surface area (Å²) in [7, 11) is 0. The molecule has 1 aromatic carbocycles. The van der Waals surface area contributed by atoms with Crippen molar-refractivity contribution >= 4 is 0 Å². The molecule has 0 bridgehead atoms. The molecule has 0 radical (unpaired) electrons. The van der Waals surface area contributed by atoms with E-state index in [1.165, 1.54) is 6.92 Å². The third-order valence-corrected chi connectivity index (χ3v) is 3.19. The van der Waals surface area contributed by atoms with E-state index in [0.717, 1.165) is 12.5 Å². The predicted octanol–water partition coefficient (Wildman–Crippen LogP) is 3.34. The van der Waals surface area contributed by atoms with Crippen molar-refractivity contribution in [1.82, 2.24) is 0 Å². The summed E-state index contributed by atoms with van der Waals surface area (Å²) in [6, 6.07) is 9.09. The summed E-state index contributed by atoms with van der Waals surface area (Å²) < 4.78 is 43.7. The largest absolute Gasteiger partial charge is 0.419 e. The molecule has 0 saturated heterocycles. The first-order valence-electron chi connectivity index (χ1n) is 6.24. The monoisotopic (exact) mass is 276 g/mol. The molecule has 0 aromatic heterocycles. The molecular weight excluding hydrogens is 257 g/mol. The fourth-order valence-electron chi connectivity index (χ4n) is 1.89. The Kier molecular flexibility index (Phi) is 5.38. The summed E-state index contributed by atoms with van der Waals surface area (Å²) in [5, 5.41) is 9.85. The van der Waals surface area contributed by atoms with Gasteiger partial charge in [0.05, 0.1) is 6.10 Å². The molecule has 0 amide bonds. The van der Waals surface area contributed by atoms with Crippen molar-refractivity contribution in [3.63, 3.8) is 0 Å². The highest BCUT2D eigenvalue weighted by Crippen LogP contribution is 2.37. The molecule has 0 saturated carbocycles. The third-order valence-electron chi connectivity index (χ3n) is 3.19. The van der Waals surface area contributed by atoms with Gasteiger partial charge in [0.1, 0.15) is 0 Å². The number of aliphatic hydroxyl groups excluding tert-OH is 1. The fraction of sp³-hybridized carbons (Fsp3) is 0.571. The molecule has 1 aromatic rings. The highest BCUT2D eigenvalue weighted by molar-refractivity contribution is 5.15. The maximum atomic E-state index is 13.0. The number of alkyl halides is 3. The summed E-state index contributed by atoms with van der Waals surface area (Å²) in [6.07, 6.45) is -5.81. The lowest BCUT2D eigenvalue weighted by Gasteiger charge is -2.36. The molecule has 0 heterocycles. The second kappa shape index (κ2) is 6.39. The van der Waals surface area contributed by atoms with E-state index in [9.17, 15) is 18.3 Å². The Bertz CT molecular complexity index is 378. The van der Waals surface area contributed by atoms with Crippen molar-refractivity contribution in [2.24, 2.45) is 0 Å². The van der Waals surface area contributed by atoms with Gasteiger partial charge in [-0.15, -0.1) is 0 Å². The number of halogens is 3. The zero-order valence-corrected chi connectivity index (χ0v) is 11.1. The van der Waals surface area contributed by atoms with Crippen LogP contribution in [0, 0.1) is 0 Å². The highest BCUT2D eigenvalue weighted by Gasteiger charge is 2.56.